The standard InChI is InChI=1S/C10H17N3O/c1-10(2,3)9(14)12-6-8-5-11-7-13(8)4/h5,7H,6H2,1-4H3,(H,12,14). The molecule has 1 N–H and O–H groups in total. The van der Waals surface area contributed by atoms with Crippen molar-refractivity contribution >= 4 is 5.91 Å². The number of aromatic nitrogens is 2. The summed E-state index contributed by atoms with van der Waals surface area (Å²) in [4.78, 5) is 15.5. The molecule has 1 aromatic heterocycles. The number of nitrogens with one attached hydrogen (secondary N) is 1. The summed E-state index contributed by atoms with van der Waals surface area (Å²) in [7, 11) is 1.91. The van der Waals surface area contributed by atoms with Crippen LogP contribution in [0.1, 0.15) is 26.5 Å². The summed E-state index contributed by atoms with van der Waals surface area (Å²) in [5, 5.41) is 2.87. The van der Waals surface area contributed by atoms with Gasteiger partial charge in [-0.3, -0.25) is 4.79 Å². The molecule has 0 fully saturated rings. The number of hydrogen-bond donors (Lipinski definition) is 1. The molecule has 1 heterocycles. The highest BCUT2D eigenvalue weighted by Crippen LogP contribution is 2.12. The first-order valence-electron chi connectivity index (χ1n) is 4.65. The fourth-order valence-corrected chi connectivity index (χ4v) is 0.991. The van der Waals surface area contributed by atoms with Gasteiger partial charge in [-0.15, -0.1) is 0 Å². The molecule has 4 heteroatoms. The molecule has 0 aliphatic rings. The molecule has 78 valence electrons. The van der Waals surface area contributed by atoms with Crippen LogP contribution >= 0.6 is 0 Å². The van der Waals surface area contributed by atoms with E-state index >= 15 is 0 Å². The Kier molecular flexibility index (Phi) is 2.93. The zero-order valence-corrected chi connectivity index (χ0v) is 9.16. The van der Waals surface area contributed by atoms with Crippen LogP contribution in [0.25, 0.3) is 0 Å². The van der Waals surface area contributed by atoms with Crippen LogP contribution in [0.5, 0.6) is 0 Å². The van der Waals surface area contributed by atoms with Crippen LogP contribution in [0.2, 0.25) is 0 Å². The van der Waals surface area contributed by atoms with Gasteiger partial charge in [0.05, 0.1) is 18.6 Å². The van der Waals surface area contributed by atoms with E-state index in [0.29, 0.717) is 6.54 Å². The molecule has 1 rings (SSSR count). The van der Waals surface area contributed by atoms with Crippen molar-refractivity contribution in [3.05, 3.63) is 18.2 Å². The lowest BCUT2D eigenvalue weighted by atomic mass is 9.96. The summed E-state index contributed by atoms with van der Waals surface area (Å²) in [6.07, 6.45) is 3.47. The van der Waals surface area contributed by atoms with Crippen LogP contribution in [0, 0.1) is 5.41 Å². The minimum absolute atomic E-state index is 0.0544. The van der Waals surface area contributed by atoms with Crippen molar-refractivity contribution < 1.29 is 4.79 Å². The third-order valence-electron chi connectivity index (χ3n) is 2.03. The van der Waals surface area contributed by atoms with E-state index in [1.807, 2.05) is 32.4 Å². The van der Waals surface area contributed by atoms with E-state index in [9.17, 15) is 4.79 Å². The largest absolute Gasteiger partial charge is 0.350 e. The van der Waals surface area contributed by atoms with E-state index in [0.717, 1.165) is 5.69 Å². The number of hydrogen-bond acceptors (Lipinski definition) is 2. The lowest BCUT2D eigenvalue weighted by molar-refractivity contribution is -0.128. The first-order valence-corrected chi connectivity index (χ1v) is 4.65. The zero-order valence-electron chi connectivity index (χ0n) is 9.16. The fraction of sp³-hybridized carbons (Fsp3) is 0.600. The van der Waals surface area contributed by atoms with E-state index < -0.39 is 0 Å². The summed E-state index contributed by atoms with van der Waals surface area (Å²) >= 11 is 0. The number of nitrogens with zero attached hydrogens (tertiary/aromatic N) is 2. The summed E-state index contributed by atoms with van der Waals surface area (Å²) in [6.45, 7) is 6.22. The molecule has 4 nitrogen and oxygen atoms in total. The first kappa shape index (κ1) is 10.8. The van der Waals surface area contributed by atoms with Crippen molar-refractivity contribution in [2.75, 3.05) is 0 Å². The second-order valence-corrected chi connectivity index (χ2v) is 4.43. The van der Waals surface area contributed by atoms with Gasteiger partial charge >= 0.3 is 0 Å². The third kappa shape index (κ3) is 2.58. The molecule has 1 aromatic rings. The van der Waals surface area contributed by atoms with Crippen LogP contribution in [-0.4, -0.2) is 15.5 Å². The lowest BCUT2D eigenvalue weighted by Crippen LogP contribution is -2.34. The van der Waals surface area contributed by atoms with Crippen LogP contribution < -0.4 is 5.32 Å². The predicted molar refractivity (Wildman–Crippen MR) is 54.5 cm³/mol. The summed E-state index contributed by atoms with van der Waals surface area (Å²) in [5.41, 5.74) is 0.668. The molecular formula is C10H17N3O. The Morgan fingerprint density at radius 2 is 2.21 bits per heavy atom. The van der Waals surface area contributed by atoms with Gasteiger partial charge in [0.1, 0.15) is 0 Å². The quantitative estimate of drug-likeness (QED) is 0.767. The molecule has 0 atom stereocenters. The van der Waals surface area contributed by atoms with Gasteiger partial charge in [-0.05, 0) is 0 Å². The maximum Gasteiger partial charge on any atom is 0.225 e. The van der Waals surface area contributed by atoms with Gasteiger partial charge in [0, 0.05) is 18.7 Å². The van der Waals surface area contributed by atoms with E-state index in [1.165, 1.54) is 0 Å². The molecule has 0 saturated carbocycles. The van der Waals surface area contributed by atoms with Crippen LogP contribution in [-0.2, 0) is 18.4 Å². The molecule has 1 amide bonds. The topological polar surface area (TPSA) is 46.9 Å². The molecule has 14 heavy (non-hydrogen) atoms. The van der Waals surface area contributed by atoms with Crippen LogP contribution in [0.4, 0.5) is 0 Å². The van der Waals surface area contributed by atoms with Gasteiger partial charge in [-0.2, -0.15) is 0 Å². The maximum absolute atomic E-state index is 11.5. The Labute approximate surface area is 84.3 Å². The van der Waals surface area contributed by atoms with Gasteiger partial charge < -0.3 is 9.88 Å². The Morgan fingerprint density at radius 3 is 2.64 bits per heavy atom. The Morgan fingerprint density at radius 1 is 1.57 bits per heavy atom. The lowest BCUT2D eigenvalue weighted by Gasteiger charge is -2.17. The molecule has 0 aliphatic carbocycles. The van der Waals surface area contributed by atoms with Gasteiger partial charge in [0.25, 0.3) is 0 Å². The molecule has 0 unspecified atom stereocenters. The number of imidazole rings is 1. The minimum atomic E-state index is -0.335. The molecule has 0 saturated heterocycles. The van der Waals surface area contributed by atoms with Gasteiger partial charge in [-0.1, -0.05) is 20.8 Å². The molecular weight excluding hydrogens is 178 g/mol. The van der Waals surface area contributed by atoms with Crippen molar-refractivity contribution in [3.63, 3.8) is 0 Å². The van der Waals surface area contributed by atoms with Crippen LogP contribution in [0.3, 0.4) is 0 Å². The van der Waals surface area contributed by atoms with Gasteiger partial charge in [0.2, 0.25) is 5.91 Å². The monoisotopic (exact) mass is 195 g/mol. The number of amides is 1. The third-order valence-corrected chi connectivity index (χ3v) is 2.03. The number of carbonyl (C=O) groups excluding carboxylic acids is 1. The van der Waals surface area contributed by atoms with Gasteiger partial charge in [-0.25, -0.2) is 4.98 Å². The number of carbonyl (C=O) groups is 1. The Balaban J connectivity index is 2.50. The Hall–Kier alpha value is -1.32. The highest BCUT2D eigenvalue weighted by atomic mass is 16.2. The smallest absolute Gasteiger partial charge is 0.225 e. The maximum atomic E-state index is 11.5. The van der Waals surface area contributed by atoms with Crippen LogP contribution in [0.15, 0.2) is 12.5 Å². The highest BCUT2D eigenvalue weighted by Gasteiger charge is 2.20. The van der Waals surface area contributed by atoms with Crippen molar-refractivity contribution in [2.24, 2.45) is 12.5 Å². The number of aryl methyl sites for hydroxylation is 1. The van der Waals surface area contributed by atoms with Crippen molar-refractivity contribution in [2.45, 2.75) is 27.3 Å². The summed E-state index contributed by atoms with van der Waals surface area (Å²) < 4.78 is 1.89. The molecule has 0 radical (unpaired) electrons. The van der Waals surface area contributed by atoms with E-state index in [2.05, 4.69) is 10.3 Å². The molecule has 0 bridgehead atoms. The van der Waals surface area contributed by atoms with Gasteiger partial charge in [0.15, 0.2) is 0 Å². The average Bonchev–Trinajstić information content (AvgIpc) is 2.45. The fourth-order valence-electron chi connectivity index (χ4n) is 0.991. The average molecular weight is 195 g/mol. The molecule has 0 aliphatic heterocycles. The minimum Gasteiger partial charge on any atom is -0.350 e. The summed E-state index contributed by atoms with van der Waals surface area (Å²) in [6, 6.07) is 0. The summed E-state index contributed by atoms with van der Waals surface area (Å²) in [5.74, 6) is 0.0544. The van der Waals surface area contributed by atoms with E-state index in [1.54, 1.807) is 12.5 Å². The van der Waals surface area contributed by atoms with Crippen molar-refractivity contribution in [1.29, 1.82) is 0 Å². The van der Waals surface area contributed by atoms with E-state index in [4.69, 9.17) is 0 Å². The zero-order chi connectivity index (χ0) is 10.8. The second-order valence-electron chi connectivity index (χ2n) is 4.43. The van der Waals surface area contributed by atoms with Crippen molar-refractivity contribution in [1.82, 2.24) is 14.9 Å². The molecule has 0 spiro atoms. The molecule has 0 aromatic carbocycles. The SMILES string of the molecule is Cn1cncc1CNC(=O)C(C)(C)C. The normalized spacial score (nSPS) is 11.4. The predicted octanol–water partition coefficient (Wildman–Crippen LogP) is 1.08. The number of rotatable bonds is 2. The van der Waals surface area contributed by atoms with Crippen molar-refractivity contribution in [3.8, 4) is 0 Å². The van der Waals surface area contributed by atoms with E-state index in [-0.39, 0.29) is 11.3 Å². The highest BCUT2D eigenvalue weighted by molar-refractivity contribution is 5.81. The second kappa shape index (κ2) is 3.82. The Bertz CT molecular complexity index is 322. The first-order chi connectivity index (χ1) is 6.41.